The molecule has 3 rings (SSSR count). The van der Waals surface area contributed by atoms with Crippen molar-refractivity contribution in [2.75, 3.05) is 0 Å². The molecule has 0 aromatic heterocycles. The quantitative estimate of drug-likeness (QED) is 0.751. The second kappa shape index (κ2) is 3.38. The summed E-state index contributed by atoms with van der Waals surface area (Å²) in [5, 5.41) is 19.9. The van der Waals surface area contributed by atoms with Crippen LogP contribution in [0.5, 0.6) is 0 Å². The van der Waals surface area contributed by atoms with E-state index in [1.165, 1.54) is 0 Å². The van der Waals surface area contributed by atoms with Gasteiger partial charge in [0.2, 0.25) is 0 Å². The summed E-state index contributed by atoms with van der Waals surface area (Å²) in [7, 11) is 0. The van der Waals surface area contributed by atoms with Crippen molar-refractivity contribution in [2.45, 2.75) is 46.1 Å². The molecule has 3 aliphatic rings. The van der Waals surface area contributed by atoms with Crippen molar-refractivity contribution < 1.29 is 15.0 Å². The van der Waals surface area contributed by atoms with Gasteiger partial charge in [0, 0.05) is 11.5 Å². The summed E-state index contributed by atoms with van der Waals surface area (Å²) >= 11 is 0. The minimum Gasteiger partial charge on any atom is -0.478 e. The van der Waals surface area contributed by atoms with Gasteiger partial charge in [-0.25, -0.2) is 4.79 Å². The Kier molecular flexibility index (Phi) is 2.30. The average molecular weight is 250 g/mol. The highest BCUT2D eigenvalue weighted by Crippen LogP contribution is 2.70. The summed E-state index contributed by atoms with van der Waals surface area (Å²) in [5.74, 6) is -0.0718. The van der Waals surface area contributed by atoms with Gasteiger partial charge < -0.3 is 10.2 Å². The first-order valence-electron chi connectivity index (χ1n) is 6.94. The molecular weight excluding hydrogens is 228 g/mol. The van der Waals surface area contributed by atoms with Crippen LogP contribution in [0.4, 0.5) is 0 Å². The molecule has 0 saturated heterocycles. The third kappa shape index (κ3) is 1.21. The Hall–Kier alpha value is -0.830. The molecular formula is C15H22O3. The van der Waals surface area contributed by atoms with E-state index in [2.05, 4.69) is 20.8 Å². The molecule has 2 saturated carbocycles. The zero-order chi connectivity index (χ0) is 13.3. The molecule has 1 spiro atoms. The highest BCUT2D eigenvalue weighted by Gasteiger charge is 2.67. The van der Waals surface area contributed by atoms with E-state index in [9.17, 15) is 15.0 Å². The standard InChI is InChI=1S/C15H22O3/c1-8-4-5-10-9(13(17)18)6-11-12(16)14(2,3)7-15(8,10)11/h6,8,10-12,16H,4-5,7H2,1-3H3,(H,17,18)/t8-,10-,11-,12-,15-/m1/s1. The lowest BCUT2D eigenvalue weighted by molar-refractivity contribution is -0.133. The molecule has 2 fully saturated rings. The Morgan fingerprint density at radius 1 is 1.39 bits per heavy atom. The molecule has 3 aliphatic carbocycles. The Labute approximate surface area is 108 Å². The van der Waals surface area contributed by atoms with Crippen LogP contribution in [0.3, 0.4) is 0 Å². The second-order valence-electron chi connectivity index (χ2n) is 7.21. The molecule has 5 atom stereocenters. The third-order valence-corrected chi connectivity index (χ3v) is 5.96. The largest absolute Gasteiger partial charge is 0.478 e. The van der Waals surface area contributed by atoms with Crippen LogP contribution in [0.1, 0.15) is 40.0 Å². The normalized spacial score (nSPS) is 48.8. The number of aliphatic hydroxyl groups is 1. The van der Waals surface area contributed by atoms with Crippen molar-refractivity contribution in [1.82, 2.24) is 0 Å². The summed E-state index contributed by atoms with van der Waals surface area (Å²) in [6.45, 7) is 6.46. The van der Waals surface area contributed by atoms with Crippen LogP contribution in [-0.4, -0.2) is 22.3 Å². The number of aliphatic hydroxyl groups excluding tert-OH is 1. The van der Waals surface area contributed by atoms with Crippen molar-refractivity contribution in [2.24, 2.45) is 28.6 Å². The van der Waals surface area contributed by atoms with Gasteiger partial charge in [-0.15, -0.1) is 0 Å². The van der Waals surface area contributed by atoms with E-state index in [0.29, 0.717) is 11.5 Å². The fourth-order valence-electron chi connectivity index (χ4n) is 5.17. The van der Waals surface area contributed by atoms with E-state index in [0.717, 1.165) is 19.3 Å². The Bertz CT molecular complexity index is 437. The number of carboxylic acids is 1. The minimum absolute atomic E-state index is 0.0106. The molecule has 18 heavy (non-hydrogen) atoms. The van der Waals surface area contributed by atoms with Crippen molar-refractivity contribution in [1.29, 1.82) is 0 Å². The van der Waals surface area contributed by atoms with E-state index in [1.54, 1.807) is 0 Å². The van der Waals surface area contributed by atoms with E-state index in [-0.39, 0.29) is 22.7 Å². The highest BCUT2D eigenvalue weighted by molar-refractivity contribution is 5.88. The lowest BCUT2D eigenvalue weighted by Crippen LogP contribution is -2.33. The van der Waals surface area contributed by atoms with Crippen LogP contribution in [0.25, 0.3) is 0 Å². The first-order valence-corrected chi connectivity index (χ1v) is 6.94. The summed E-state index contributed by atoms with van der Waals surface area (Å²) in [6, 6.07) is 0. The van der Waals surface area contributed by atoms with E-state index < -0.39 is 12.1 Å². The molecule has 0 aromatic rings. The second-order valence-corrected chi connectivity index (χ2v) is 7.21. The zero-order valence-electron chi connectivity index (χ0n) is 11.3. The number of hydrogen-bond donors (Lipinski definition) is 2. The average Bonchev–Trinajstić information content (AvgIpc) is 2.79. The molecule has 0 unspecified atom stereocenters. The Morgan fingerprint density at radius 3 is 2.67 bits per heavy atom. The van der Waals surface area contributed by atoms with E-state index >= 15 is 0 Å². The van der Waals surface area contributed by atoms with E-state index in [1.807, 2.05) is 6.08 Å². The van der Waals surface area contributed by atoms with Crippen LogP contribution in [0, 0.1) is 28.6 Å². The van der Waals surface area contributed by atoms with Gasteiger partial charge in [0.1, 0.15) is 0 Å². The van der Waals surface area contributed by atoms with Crippen LogP contribution < -0.4 is 0 Å². The molecule has 2 N–H and O–H groups in total. The third-order valence-electron chi connectivity index (χ3n) is 5.96. The van der Waals surface area contributed by atoms with Crippen LogP contribution in [0.2, 0.25) is 0 Å². The number of rotatable bonds is 1. The number of hydrogen-bond acceptors (Lipinski definition) is 2. The van der Waals surface area contributed by atoms with Gasteiger partial charge in [-0.2, -0.15) is 0 Å². The van der Waals surface area contributed by atoms with Gasteiger partial charge in [-0.1, -0.05) is 26.8 Å². The molecule has 0 amide bonds. The smallest absolute Gasteiger partial charge is 0.331 e. The Balaban J connectivity index is 2.11. The van der Waals surface area contributed by atoms with Crippen LogP contribution >= 0.6 is 0 Å². The SMILES string of the molecule is C[C@@H]1CC[C@@H]2C(C(=O)O)=C[C@@H]3[C@@H](O)C(C)(C)C[C@@]123. The number of aliphatic carboxylic acids is 1. The van der Waals surface area contributed by atoms with Gasteiger partial charge in [0.25, 0.3) is 0 Å². The number of carboxylic acid groups (broad SMARTS) is 1. The fourth-order valence-corrected chi connectivity index (χ4v) is 5.17. The molecule has 100 valence electrons. The maximum Gasteiger partial charge on any atom is 0.331 e. The van der Waals surface area contributed by atoms with Gasteiger partial charge >= 0.3 is 5.97 Å². The first kappa shape index (κ1) is 12.2. The predicted octanol–water partition coefficient (Wildman–Crippen LogP) is 2.45. The summed E-state index contributed by atoms with van der Waals surface area (Å²) in [4.78, 5) is 11.4. The monoisotopic (exact) mass is 250 g/mol. The summed E-state index contributed by atoms with van der Waals surface area (Å²) in [6.07, 6.45) is 4.48. The molecule has 0 bridgehead atoms. The predicted molar refractivity (Wildman–Crippen MR) is 67.9 cm³/mol. The first-order chi connectivity index (χ1) is 8.30. The zero-order valence-corrected chi connectivity index (χ0v) is 11.3. The van der Waals surface area contributed by atoms with Gasteiger partial charge in [-0.3, -0.25) is 0 Å². The molecule has 0 aromatic carbocycles. The van der Waals surface area contributed by atoms with E-state index in [4.69, 9.17) is 0 Å². The summed E-state index contributed by atoms with van der Waals surface area (Å²) < 4.78 is 0. The van der Waals surface area contributed by atoms with Crippen molar-refractivity contribution in [3.8, 4) is 0 Å². The van der Waals surface area contributed by atoms with Crippen molar-refractivity contribution >= 4 is 5.97 Å². The van der Waals surface area contributed by atoms with Crippen molar-refractivity contribution in [3.63, 3.8) is 0 Å². The van der Waals surface area contributed by atoms with Crippen LogP contribution in [0.15, 0.2) is 11.6 Å². The number of carbonyl (C=O) groups is 1. The minimum atomic E-state index is -0.784. The fraction of sp³-hybridized carbons (Fsp3) is 0.800. The summed E-state index contributed by atoms with van der Waals surface area (Å²) in [5.41, 5.74) is 0.484. The molecule has 0 aliphatic heterocycles. The van der Waals surface area contributed by atoms with Gasteiger partial charge in [0.05, 0.1) is 6.10 Å². The maximum absolute atomic E-state index is 11.4. The van der Waals surface area contributed by atoms with Crippen LogP contribution in [-0.2, 0) is 4.79 Å². The lowest BCUT2D eigenvalue weighted by Gasteiger charge is -2.36. The molecule has 3 nitrogen and oxygen atoms in total. The maximum atomic E-state index is 11.4. The molecule has 3 heteroatoms. The van der Waals surface area contributed by atoms with Gasteiger partial charge in [0.15, 0.2) is 0 Å². The van der Waals surface area contributed by atoms with Gasteiger partial charge in [-0.05, 0) is 41.9 Å². The van der Waals surface area contributed by atoms with Crippen molar-refractivity contribution in [3.05, 3.63) is 11.6 Å². The highest BCUT2D eigenvalue weighted by atomic mass is 16.4. The topological polar surface area (TPSA) is 57.5 Å². The molecule has 0 radical (unpaired) electrons. The lowest BCUT2D eigenvalue weighted by atomic mass is 9.67. The Morgan fingerprint density at radius 2 is 2.06 bits per heavy atom. The molecule has 0 heterocycles.